The van der Waals surface area contributed by atoms with E-state index in [0.717, 1.165) is 4.47 Å². The molecule has 1 unspecified atom stereocenters. The summed E-state index contributed by atoms with van der Waals surface area (Å²) in [6.45, 7) is 0.291. The predicted molar refractivity (Wildman–Crippen MR) is 61.8 cm³/mol. The van der Waals surface area contributed by atoms with Crippen molar-refractivity contribution >= 4 is 27.5 Å². The van der Waals surface area contributed by atoms with Crippen LogP contribution in [-0.2, 0) is 9.53 Å². The molecule has 2 rings (SSSR count). The summed E-state index contributed by atoms with van der Waals surface area (Å²) in [6.07, 6.45) is 0. The van der Waals surface area contributed by atoms with Crippen LogP contribution < -0.4 is 4.90 Å². The summed E-state index contributed by atoms with van der Waals surface area (Å²) < 4.78 is 5.92. The number of morpholine rings is 1. The number of nitriles is 1. The Kier molecular flexibility index (Phi) is 3.22. The fourth-order valence-corrected chi connectivity index (χ4v) is 2.01. The van der Waals surface area contributed by atoms with Gasteiger partial charge in [-0.3, -0.25) is 9.69 Å². The number of anilines is 1. The van der Waals surface area contributed by atoms with Crippen molar-refractivity contribution in [2.24, 2.45) is 0 Å². The van der Waals surface area contributed by atoms with Crippen LogP contribution in [0.25, 0.3) is 0 Å². The number of rotatable bonds is 1. The maximum atomic E-state index is 11.7. The smallest absolute Gasteiger partial charge is 0.254 e. The van der Waals surface area contributed by atoms with Crippen molar-refractivity contribution in [1.29, 1.82) is 5.26 Å². The van der Waals surface area contributed by atoms with E-state index in [1.165, 1.54) is 4.90 Å². The SMILES string of the molecule is N#CC1COCC(=O)N1c1cccc(Br)c1. The second-order valence-electron chi connectivity index (χ2n) is 3.40. The van der Waals surface area contributed by atoms with Gasteiger partial charge >= 0.3 is 0 Å². The van der Waals surface area contributed by atoms with Gasteiger partial charge in [-0.2, -0.15) is 5.26 Å². The summed E-state index contributed by atoms with van der Waals surface area (Å²) in [5.41, 5.74) is 0.717. The monoisotopic (exact) mass is 280 g/mol. The third-order valence-electron chi connectivity index (χ3n) is 2.32. The van der Waals surface area contributed by atoms with E-state index in [4.69, 9.17) is 10.00 Å². The zero-order valence-electron chi connectivity index (χ0n) is 8.39. The molecule has 82 valence electrons. The highest BCUT2D eigenvalue weighted by Crippen LogP contribution is 2.23. The second kappa shape index (κ2) is 4.64. The van der Waals surface area contributed by atoms with Crippen molar-refractivity contribution in [1.82, 2.24) is 0 Å². The molecular weight excluding hydrogens is 272 g/mol. The second-order valence-corrected chi connectivity index (χ2v) is 4.32. The molecule has 0 saturated carbocycles. The van der Waals surface area contributed by atoms with E-state index in [0.29, 0.717) is 5.69 Å². The Hall–Kier alpha value is -1.38. The number of amides is 1. The van der Waals surface area contributed by atoms with Gasteiger partial charge in [0.2, 0.25) is 0 Å². The molecule has 0 aliphatic carbocycles. The van der Waals surface area contributed by atoms with Crippen LogP contribution in [-0.4, -0.2) is 25.2 Å². The summed E-state index contributed by atoms with van der Waals surface area (Å²) >= 11 is 3.34. The lowest BCUT2D eigenvalue weighted by molar-refractivity contribution is -0.126. The van der Waals surface area contributed by atoms with Crippen LogP contribution in [0.3, 0.4) is 0 Å². The van der Waals surface area contributed by atoms with Gasteiger partial charge in [-0.05, 0) is 18.2 Å². The third-order valence-corrected chi connectivity index (χ3v) is 2.81. The summed E-state index contributed by atoms with van der Waals surface area (Å²) in [5.74, 6) is -0.184. The largest absolute Gasteiger partial charge is 0.368 e. The first-order chi connectivity index (χ1) is 7.72. The number of benzene rings is 1. The number of ether oxygens (including phenoxy) is 1. The summed E-state index contributed by atoms with van der Waals surface area (Å²) in [7, 11) is 0. The normalized spacial score (nSPS) is 20.6. The van der Waals surface area contributed by atoms with Crippen LogP contribution in [0.15, 0.2) is 28.7 Å². The van der Waals surface area contributed by atoms with Gasteiger partial charge in [0.15, 0.2) is 0 Å². The minimum atomic E-state index is -0.546. The number of nitrogens with zero attached hydrogens (tertiary/aromatic N) is 2. The zero-order chi connectivity index (χ0) is 11.5. The topological polar surface area (TPSA) is 53.3 Å². The fraction of sp³-hybridized carbons (Fsp3) is 0.273. The van der Waals surface area contributed by atoms with Crippen molar-refractivity contribution in [2.75, 3.05) is 18.1 Å². The van der Waals surface area contributed by atoms with Crippen LogP contribution in [0.4, 0.5) is 5.69 Å². The first-order valence-electron chi connectivity index (χ1n) is 4.77. The maximum absolute atomic E-state index is 11.7. The molecule has 1 heterocycles. The average Bonchev–Trinajstić information content (AvgIpc) is 2.28. The highest BCUT2D eigenvalue weighted by molar-refractivity contribution is 9.10. The Balaban J connectivity index is 2.36. The Bertz CT molecular complexity index is 456. The van der Waals surface area contributed by atoms with E-state index >= 15 is 0 Å². The molecule has 16 heavy (non-hydrogen) atoms. The van der Waals surface area contributed by atoms with Crippen molar-refractivity contribution in [3.8, 4) is 6.07 Å². The molecule has 4 nitrogen and oxygen atoms in total. The van der Waals surface area contributed by atoms with Gasteiger partial charge in [-0.1, -0.05) is 22.0 Å². The predicted octanol–water partition coefficient (Wildman–Crippen LogP) is 1.70. The summed E-state index contributed by atoms with van der Waals surface area (Å²) in [4.78, 5) is 13.2. The molecule has 0 bridgehead atoms. The van der Waals surface area contributed by atoms with Crippen molar-refractivity contribution in [3.05, 3.63) is 28.7 Å². The molecule has 1 saturated heterocycles. The molecule has 1 atom stereocenters. The first kappa shape index (κ1) is 11.1. The highest BCUT2D eigenvalue weighted by Gasteiger charge is 2.29. The van der Waals surface area contributed by atoms with Crippen LogP contribution in [0.1, 0.15) is 0 Å². The molecule has 0 N–H and O–H groups in total. The maximum Gasteiger partial charge on any atom is 0.254 e. The number of hydrogen-bond donors (Lipinski definition) is 0. The van der Waals surface area contributed by atoms with E-state index in [9.17, 15) is 4.79 Å². The molecule has 1 aromatic carbocycles. The Morgan fingerprint density at radius 3 is 3.06 bits per heavy atom. The summed E-state index contributed by atoms with van der Waals surface area (Å²) in [6, 6.07) is 8.84. The Morgan fingerprint density at radius 1 is 1.56 bits per heavy atom. The van der Waals surface area contributed by atoms with Crippen LogP contribution >= 0.6 is 15.9 Å². The van der Waals surface area contributed by atoms with Gasteiger partial charge in [-0.25, -0.2) is 0 Å². The molecule has 1 aromatic rings. The van der Waals surface area contributed by atoms with Gasteiger partial charge < -0.3 is 4.74 Å². The van der Waals surface area contributed by atoms with E-state index in [-0.39, 0.29) is 19.1 Å². The van der Waals surface area contributed by atoms with Gasteiger partial charge in [0, 0.05) is 10.2 Å². The van der Waals surface area contributed by atoms with E-state index < -0.39 is 6.04 Å². The molecular formula is C11H9BrN2O2. The average molecular weight is 281 g/mol. The van der Waals surface area contributed by atoms with Gasteiger partial charge in [0.05, 0.1) is 12.7 Å². The van der Waals surface area contributed by atoms with Crippen LogP contribution in [0.2, 0.25) is 0 Å². The molecule has 1 fully saturated rings. The van der Waals surface area contributed by atoms with Crippen LogP contribution in [0.5, 0.6) is 0 Å². The minimum absolute atomic E-state index is 0.0324. The number of carbonyl (C=O) groups excluding carboxylic acids is 1. The van der Waals surface area contributed by atoms with Crippen molar-refractivity contribution in [2.45, 2.75) is 6.04 Å². The minimum Gasteiger partial charge on any atom is -0.368 e. The lowest BCUT2D eigenvalue weighted by Gasteiger charge is -2.31. The molecule has 0 spiro atoms. The molecule has 0 radical (unpaired) electrons. The molecule has 5 heteroatoms. The molecule has 1 amide bonds. The first-order valence-corrected chi connectivity index (χ1v) is 5.56. The summed E-state index contributed by atoms with van der Waals surface area (Å²) in [5, 5.41) is 8.97. The quantitative estimate of drug-likeness (QED) is 0.787. The molecule has 1 aliphatic heterocycles. The lowest BCUT2D eigenvalue weighted by Crippen LogP contribution is -2.49. The number of carbonyl (C=O) groups is 1. The highest BCUT2D eigenvalue weighted by atomic mass is 79.9. The zero-order valence-corrected chi connectivity index (χ0v) is 9.98. The van der Waals surface area contributed by atoms with Gasteiger partial charge in [-0.15, -0.1) is 0 Å². The van der Waals surface area contributed by atoms with E-state index in [2.05, 4.69) is 22.0 Å². The van der Waals surface area contributed by atoms with Gasteiger partial charge in [0.1, 0.15) is 12.6 Å². The van der Waals surface area contributed by atoms with Crippen molar-refractivity contribution in [3.63, 3.8) is 0 Å². The standard InChI is InChI=1S/C11H9BrN2O2/c12-8-2-1-3-9(4-8)14-10(5-13)6-16-7-11(14)15/h1-4,10H,6-7H2. The van der Waals surface area contributed by atoms with Crippen LogP contribution in [0, 0.1) is 11.3 Å². The molecule has 0 aromatic heterocycles. The fourth-order valence-electron chi connectivity index (χ4n) is 1.62. The van der Waals surface area contributed by atoms with Crippen molar-refractivity contribution < 1.29 is 9.53 Å². The van der Waals surface area contributed by atoms with Gasteiger partial charge in [0.25, 0.3) is 5.91 Å². The lowest BCUT2D eigenvalue weighted by atomic mass is 10.2. The molecule has 1 aliphatic rings. The Labute approximate surface area is 102 Å². The number of halogens is 1. The van der Waals surface area contributed by atoms with E-state index in [1.54, 1.807) is 6.07 Å². The number of hydrogen-bond acceptors (Lipinski definition) is 3. The third kappa shape index (κ3) is 2.08. The van der Waals surface area contributed by atoms with E-state index in [1.807, 2.05) is 18.2 Å². The Morgan fingerprint density at radius 2 is 2.38 bits per heavy atom.